The summed E-state index contributed by atoms with van der Waals surface area (Å²) >= 11 is 11.8. The zero-order valence-corrected chi connectivity index (χ0v) is 17.0. The predicted molar refractivity (Wildman–Crippen MR) is 105 cm³/mol. The zero-order valence-electron chi connectivity index (χ0n) is 14.6. The predicted octanol–water partition coefficient (Wildman–Crippen LogP) is 3.87. The summed E-state index contributed by atoms with van der Waals surface area (Å²) < 4.78 is 32.1. The van der Waals surface area contributed by atoms with Crippen molar-refractivity contribution in [3.8, 4) is 11.8 Å². The van der Waals surface area contributed by atoms with Crippen LogP contribution < -0.4 is 4.74 Å². The van der Waals surface area contributed by atoms with Crippen molar-refractivity contribution in [1.29, 1.82) is 5.26 Å². The normalized spacial score (nSPS) is 15.8. The molecule has 1 aliphatic rings. The molecular weight excluding hydrogens is 423 g/mol. The van der Waals surface area contributed by atoms with E-state index in [2.05, 4.69) is 0 Å². The van der Waals surface area contributed by atoms with Gasteiger partial charge in [0.05, 0.1) is 27.5 Å². The van der Waals surface area contributed by atoms with E-state index in [9.17, 15) is 13.2 Å². The number of carbonyl (C=O) groups excluding carboxylic acids is 1. The summed E-state index contributed by atoms with van der Waals surface area (Å²) in [6, 6.07) is 12.3. The highest BCUT2D eigenvalue weighted by molar-refractivity contribution is 7.89. The van der Waals surface area contributed by atoms with Gasteiger partial charge in [-0.05, 0) is 55.3 Å². The minimum Gasteiger partial charge on any atom is -0.425 e. The van der Waals surface area contributed by atoms with Gasteiger partial charge in [0.2, 0.25) is 10.0 Å². The van der Waals surface area contributed by atoms with Gasteiger partial charge in [-0.15, -0.1) is 0 Å². The van der Waals surface area contributed by atoms with Crippen molar-refractivity contribution < 1.29 is 17.9 Å². The van der Waals surface area contributed by atoms with E-state index in [-0.39, 0.29) is 28.8 Å². The molecule has 2 aromatic rings. The lowest BCUT2D eigenvalue weighted by atomic mass is 9.98. The van der Waals surface area contributed by atoms with Crippen LogP contribution in [0.5, 0.6) is 5.75 Å². The monoisotopic (exact) mass is 438 g/mol. The molecule has 0 N–H and O–H groups in total. The lowest BCUT2D eigenvalue weighted by molar-refractivity contribution is -0.140. The topological polar surface area (TPSA) is 87.5 Å². The summed E-state index contributed by atoms with van der Waals surface area (Å²) in [4.78, 5) is 12.5. The molecule has 0 aromatic heterocycles. The van der Waals surface area contributed by atoms with Crippen LogP contribution in [0.4, 0.5) is 0 Å². The maximum absolute atomic E-state index is 12.7. The van der Waals surface area contributed by atoms with E-state index >= 15 is 0 Å². The van der Waals surface area contributed by atoms with Crippen molar-refractivity contribution in [3.05, 3.63) is 58.1 Å². The van der Waals surface area contributed by atoms with E-state index in [1.165, 1.54) is 40.7 Å². The number of halogens is 2. The van der Waals surface area contributed by atoms with Gasteiger partial charge >= 0.3 is 5.97 Å². The quantitative estimate of drug-likeness (QED) is 0.533. The smallest absolute Gasteiger partial charge is 0.314 e. The van der Waals surface area contributed by atoms with Gasteiger partial charge in [0, 0.05) is 18.1 Å². The van der Waals surface area contributed by atoms with Gasteiger partial charge in [0.1, 0.15) is 5.75 Å². The molecule has 0 aliphatic carbocycles. The molecule has 9 heteroatoms. The number of ether oxygens (including phenoxy) is 1. The summed E-state index contributed by atoms with van der Waals surface area (Å²) in [5, 5.41) is 9.50. The fourth-order valence-corrected chi connectivity index (χ4v) is 4.85. The number of benzene rings is 2. The molecule has 1 saturated heterocycles. The number of hydrogen-bond acceptors (Lipinski definition) is 5. The van der Waals surface area contributed by atoms with Gasteiger partial charge in [-0.25, -0.2) is 8.42 Å². The number of nitrogens with zero attached hydrogens (tertiary/aromatic N) is 2. The molecular formula is C19H16Cl2N2O4S. The molecule has 1 fully saturated rings. The van der Waals surface area contributed by atoms with Crippen LogP contribution in [0.3, 0.4) is 0 Å². The summed E-state index contributed by atoms with van der Waals surface area (Å²) in [5.41, 5.74) is 0.390. The average molecular weight is 439 g/mol. The third-order valence-corrected chi connectivity index (χ3v) is 6.96. The Labute approximate surface area is 173 Å². The Hall–Kier alpha value is -2.11. The largest absolute Gasteiger partial charge is 0.425 e. The maximum atomic E-state index is 12.7. The molecule has 0 atom stereocenters. The standard InChI is InChI=1S/C19H16Cl2N2O4S/c20-15-3-6-18(17(21)11-15)27-19(24)14-7-9-23(10-8-14)28(25,26)16-4-1-13(12-22)2-5-16/h1-6,11,14H,7-10H2. The second kappa shape index (κ2) is 8.50. The summed E-state index contributed by atoms with van der Waals surface area (Å²) in [7, 11) is -3.67. The van der Waals surface area contributed by atoms with E-state index in [0.717, 1.165) is 0 Å². The summed E-state index contributed by atoms with van der Waals surface area (Å²) in [6.45, 7) is 0.410. The molecule has 0 spiro atoms. The molecule has 1 heterocycles. The first kappa shape index (κ1) is 20.6. The average Bonchev–Trinajstić information content (AvgIpc) is 2.70. The van der Waals surface area contributed by atoms with Gasteiger partial charge in [0.25, 0.3) is 0 Å². The third kappa shape index (κ3) is 4.47. The van der Waals surface area contributed by atoms with Gasteiger partial charge in [-0.2, -0.15) is 9.57 Å². The van der Waals surface area contributed by atoms with Crippen molar-refractivity contribution in [3.63, 3.8) is 0 Å². The molecule has 0 saturated carbocycles. The fraction of sp³-hybridized carbons (Fsp3) is 0.263. The number of hydrogen-bond donors (Lipinski definition) is 0. The van der Waals surface area contributed by atoms with Crippen LogP contribution in [0.1, 0.15) is 18.4 Å². The van der Waals surface area contributed by atoms with Crippen LogP contribution in [-0.2, 0) is 14.8 Å². The Morgan fingerprint density at radius 2 is 1.75 bits per heavy atom. The lowest BCUT2D eigenvalue weighted by Gasteiger charge is -2.30. The fourth-order valence-electron chi connectivity index (χ4n) is 2.93. The first-order valence-electron chi connectivity index (χ1n) is 8.48. The summed E-state index contributed by atoms with van der Waals surface area (Å²) in [6.07, 6.45) is 0.694. The van der Waals surface area contributed by atoms with Crippen molar-refractivity contribution >= 4 is 39.2 Å². The van der Waals surface area contributed by atoms with E-state index in [1.807, 2.05) is 6.07 Å². The van der Waals surface area contributed by atoms with Gasteiger partial charge in [0.15, 0.2) is 0 Å². The second-order valence-electron chi connectivity index (χ2n) is 6.31. The third-order valence-electron chi connectivity index (χ3n) is 4.51. The van der Waals surface area contributed by atoms with Gasteiger partial charge in [-0.3, -0.25) is 4.79 Å². The molecule has 0 unspecified atom stereocenters. The highest BCUT2D eigenvalue weighted by Gasteiger charge is 2.33. The molecule has 3 rings (SSSR count). The van der Waals surface area contributed by atoms with E-state index in [0.29, 0.717) is 23.4 Å². The Kier molecular flexibility index (Phi) is 6.26. The first-order chi connectivity index (χ1) is 13.3. The second-order valence-corrected chi connectivity index (χ2v) is 9.09. The van der Waals surface area contributed by atoms with E-state index in [4.69, 9.17) is 33.2 Å². The van der Waals surface area contributed by atoms with Crippen molar-refractivity contribution in [2.75, 3.05) is 13.1 Å². The highest BCUT2D eigenvalue weighted by Crippen LogP contribution is 2.30. The van der Waals surface area contributed by atoms with Crippen molar-refractivity contribution in [2.45, 2.75) is 17.7 Å². The molecule has 0 amide bonds. The van der Waals surface area contributed by atoms with Crippen LogP contribution >= 0.6 is 23.2 Å². The van der Waals surface area contributed by atoms with Gasteiger partial charge < -0.3 is 4.74 Å². The Morgan fingerprint density at radius 1 is 1.11 bits per heavy atom. The minimum absolute atomic E-state index is 0.125. The minimum atomic E-state index is -3.67. The van der Waals surface area contributed by atoms with Crippen LogP contribution in [-0.4, -0.2) is 31.8 Å². The Morgan fingerprint density at radius 3 is 2.32 bits per heavy atom. The van der Waals surface area contributed by atoms with E-state index < -0.39 is 21.9 Å². The molecule has 1 aliphatic heterocycles. The SMILES string of the molecule is N#Cc1ccc(S(=O)(=O)N2CCC(C(=O)Oc3ccc(Cl)cc3Cl)CC2)cc1. The molecule has 2 aromatic carbocycles. The number of sulfonamides is 1. The maximum Gasteiger partial charge on any atom is 0.314 e. The number of carbonyl (C=O) groups is 1. The zero-order chi connectivity index (χ0) is 20.3. The lowest BCUT2D eigenvalue weighted by Crippen LogP contribution is -2.41. The highest BCUT2D eigenvalue weighted by atomic mass is 35.5. The first-order valence-corrected chi connectivity index (χ1v) is 10.7. The van der Waals surface area contributed by atoms with Crippen molar-refractivity contribution in [1.82, 2.24) is 4.31 Å². The Bertz CT molecular complexity index is 1020. The number of esters is 1. The molecule has 6 nitrogen and oxygen atoms in total. The molecule has 146 valence electrons. The van der Waals surface area contributed by atoms with Gasteiger partial charge in [-0.1, -0.05) is 23.2 Å². The van der Waals surface area contributed by atoms with Crippen LogP contribution in [0.15, 0.2) is 47.4 Å². The Balaban J connectivity index is 1.63. The summed E-state index contributed by atoms with van der Waals surface area (Å²) in [5.74, 6) is -0.637. The van der Waals surface area contributed by atoms with Crippen molar-refractivity contribution in [2.24, 2.45) is 5.92 Å². The number of piperidine rings is 1. The van der Waals surface area contributed by atoms with Crippen LogP contribution in [0, 0.1) is 17.2 Å². The number of rotatable bonds is 4. The number of nitriles is 1. The molecule has 28 heavy (non-hydrogen) atoms. The molecule has 0 bridgehead atoms. The van der Waals surface area contributed by atoms with Crippen LogP contribution in [0.2, 0.25) is 10.0 Å². The molecule has 0 radical (unpaired) electrons. The van der Waals surface area contributed by atoms with E-state index in [1.54, 1.807) is 6.07 Å². The van der Waals surface area contributed by atoms with Crippen LogP contribution in [0.25, 0.3) is 0 Å².